The maximum absolute atomic E-state index is 6.30. The number of rotatable bonds is 28. The summed E-state index contributed by atoms with van der Waals surface area (Å²) in [4.78, 5) is 5.01. The fraction of sp³-hybridized carbons (Fsp3) is 0.316. The van der Waals surface area contributed by atoms with Crippen LogP contribution in [-0.4, -0.2) is 66.1 Å². The first-order valence-electron chi connectivity index (χ1n) is 31.3. The van der Waals surface area contributed by atoms with Gasteiger partial charge in [0.05, 0.1) is 75.6 Å². The fourth-order valence-corrected chi connectivity index (χ4v) is 15.3. The lowest BCUT2D eigenvalue weighted by molar-refractivity contribution is -0.150. The van der Waals surface area contributed by atoms with Crippen molar-refractivity contribution in [2.75, 3.05) is 75.9 Å². The second kappa shape index (κ2) is 25.4. The lowest BCUT2D eigenvalue weighted by Crippen LogP contribution is -2.45. The molecule has 8 nitrogen and oxygen atoms in total. The Morgan fingerprint density at radius 1 is 0.360 bits per heavy atom. The molecule has 0 bridgehead atoms. The number of hydrogen-bond acceptors (Lipinski definition) is 10. The van der Waals surface area contributed by atoms with E-state index in [1.54, 1.807) is 0 Å². The number of unbranched alkanes of at least 4 members (excludes halogenated alkanes) is 4. The molecule has 14 rings (SSSR count). The van der Waals surface area contributed by atoms with E-state index in [2.05, 4.69) is 206 Å². The van der Waals surface area contributed by atoms with E-state index in [0.717, 1.165) is 163 Å². The van der Waals surface area contributed by atoms with Gasteiger partial charge in [-0.2, -0.15) is 0 Å². The minimum Gasteiger partial charge on any atom is -0.381 e. The normalized spacial score (nSPS) is 14.8. The van der Waals surface area contributed by atoms with Gasteiger partial charge in [-0.05, 0) is 157 Å². The number of hydrogen-bond donors (Lipinski definition) is 0. The summed E-state index contributed by atoms with van der Waals surface area (Å²) in [5.41, 5.74) is 9.59. The van der Waals surface area contributed by atoms with E-state index in [-0.39, 0.29) is 10.8 Å². The van der Waals surface area contributed by atoms with Crippen LogP contribution in [0.25, 0.3) is 72.7 Å². The Balaban J connectivity index is 0.778. The second-order valence-corrected chi connectivity index (χ2v) is 26.3. The maximum atomic E-state index is 6.30. The van der Waals surface area contributed by atoms with Gasteiger partial charge in [0.15, 0.2) is 0 Å². The molecule has 0 saturated carbocycles. The first-order chi connectivity index (χ1) is 42.5. The lowest BCUT2D eigenvalue weighted by atomic mass is 9.84. The molecule has 86 heavy (non-hydrogen) atoms. The summed E-state index contributed by atoms with van der Waals surface area (Å²) in [5, 5.41) is 12.4. The highest BCUT2D eigenvalue weighted by molar-refractivity contribution is 7.26. The van der Waals surface area contributed by atoms with Crippen molar-refractivity contribution < 1.29 is 28.4 Å². The van der Waals surface area contributed by atoms with E-state index >= 15 is 0 Å². The summed E-state index contributed by atoms with van der Waals surface area (Å²) in [6, 6.07) is 68.2. The molecule has 4 heterocycles. The third-order valence-corrected chi connectivity index (χ3v) is 20.6. The van der Waals surface area contributed by atoms with Gasteiger partial charge in [0.2, 0.25) is 0 Å². The summed E-state index contributed by atoms with van der Waals surface area (Å²) in [7, 11) is 0. The molecule has 2 aromatic heterocycles. The van der Waals surface area contributed by atoms with Crippen LogP contribution < -0.4 is 9.80 Å². The molecule has 0 radical (unpaired) electrons. The first kappa shape index (κ1) is 56.8. The minimum absolute atomic E-state index is 0.239. The van der Waals surface area contributed by atoms with Gasteiger partial charge in [-0.1, -0.05) is 123 Å². The predicted octanol–water partition coefficient (Wildman–Crippen LogP) is 20.5. The molecule has 12 aromatic rings. The Morgan fingerprint density at radius 2 is 0.756 bits per heavy atom. The van der Waals surface area contributed by atoms with Gasteiger partial charge in [-0.15, -0.1) is 22.7 Å². The van der Waals surface area contributed by atoms with Gasteiger partial charge in [-0.3, -0.25) is 0 Å². The van der Waals surface area contributed by atoms with E-state index in [0.29, 0.717) is 13.2 Å². The van der Waals surface area contributed by atoms with E-state index in [4.69, 9.17) is 28.4 Å². The molecule has 2 aliphatic rings. The zero-order chi connectivity index (χ0) is 57.9. The molecular formula is C76H76N2O6S2. The van der Waals surface area contributed by atoms with Crippen molar-refractivity contribution in [3.63, 3.8) is 0 Å². The van der Waals surface area contributed by atoms with Crippen LogP contribution in [0.4, 0.5) is 34.1 Å². The van der Waals surface area contributed by atoms with Crippen LogP contribution in [0.3, 0.4) is 0 Å². The number of fused-ring (bicyclic) bond motifs is 6. The van der Waals surface area contributed by atoms with Crippen LogP contribution >= 0.6 is 22.7 Å². The third-order valence-electron chi connectivity index (χ3n) is 18.4. The van der Waals surface area contributed by atoms with Crippen molar-refractivity contribution in [1.29, 1.82) is 0 Å². The highest BCUT2D eigenvalue weighted by atomic mass is 32.1. The average Bonchev–Trinajstić information content (AvgIpc) is 0.913. The van der Waals surface area contributed by atoms with Crippen LogP contribution in [0.1, 0.15) is 76.3 Å². The van der Waals surface area contributed by atoms with Crippen LogP contribution in [0.2, 0.25) is 0 Å². The molecule has 10 aromatic carbocycles. The molecule has 2 saturated heterocycles. The third kappa shape index (κ3) is 11.2. The molecule has 0 N–H and O–H groups in total. The molecule has 0 spiro atoms. The summed E-state index contributed by atoms with van der Waals surface area (Å²) >= 11 is 3.72. The summed E-state index contributed by atoms with van der Waals surface area (Å²) in [6.45, 7) is 13.6. The van der Waals surface area contributed by atoms with E-state index in [9.17, 15) is 0 Å². The molecule has 10 heteroatoms. The molecule has 0 amide bonds. The zero-order valence-corrected chi connectivity index (χ0v) is 51.3. The number of nitrogens with zero attached hydrogens (tertiary/aromatic N) is 2. The van der Waals surface area contributed by atoms with Crippen molar-refractivity contribution in [2.45, 2.75) is 78.4 Å². The van der Waals surface area contributed by atoms with Gasteiger partial charge in [0.25, 0.3) is 0 Å². The van der Waals surface area contributed by atoms with Crippen LogP contribution in [-0.2, 0) is 41.6 Å². The molecule has 2 aliphatic heterocycles. The minimum atomic E-state index is 0.239. The average molecular weight is 1180 g/mol. The number of ether oxygens (including phenoxy) is 6. The lowest BCUT2D eigenvalue weighted by Gasteiger charge is -2.40. The SMILES string of the molecule is CCC1(COCCCCCOCc2ccc(N(c3ccc4ccc5c(N(c6ccc(COCCCCCOCC7(CC)COC7)cc6)c6cccc7sc8ccccc8c67)ccc6ccc3c4c65)c3cccc4sc5ccccc5c34)cc2)COC1. The van der Waals surface area contributed by atoms with E-state index in [1.165, 1.54) is 72.7 Å². The second-order valence-electron chi connectivity index (χ2n) is 24.1. The van der Waals surface area contributed by atoms with Crippen LogP contribution in [0.5, 0.6) is 0 Å². The van der Waals surface area contributed by atoms with Crippen molar-refractivity contribution in [3.8, 4) is 0 Å². The monoisotopic (exact) mass is 1180 g/mol. The number of thiophene rings is 2. The van der Waals surface area contributed by atoms with Crippen molar-refractivity contribution in [3.05, 3.63) is 193 Å². The summed E-state index contributed by atoms with van der Waals surface area (Å²) in [5.74, 6) is 0. The van der Waals surface area contributed by atoms with Gasteiger partial charge in [0, 0.05) is 99.7 Å². The summed E-state index contributed by atoms with van der Waals surface area (Å²) < 4.78 is 40.8. The van der Waals surface area contributed by atoms with Gasteiger partial charge in [0.1, 0.15) is 0 Å². The topological polar surface area (TPSA) is 61.9 Å². The maximum Gasteiger partial charge on any atom is 0.0716 e. The predicted molar refractivity (Wildman–Crippen MR) is 361 cm³/mol. The molecule has 2 fully saturated rings. The van der Waals surface area contributed by atoms with Crippen molar-refractivity contribution in [2.24, 2.45) is 10.8 Å². The van der Waals surface area contributed by atoms with E-state index < -0.39 is 0 Å². The van der Waals surface area contributed by atoms with E-state index in [1.807, 2.05) is 22.7 Å². The highest BCUT2D eigenvalue weighted by Gasteiger charge is 2.38. The summed E-state index contributed by atoms with van der Waals surface area (Å²) in [6.07, 6.45) is 8.54. The van der Waals surface area contributed by atoms with Crippen LogP contribution in [0, 0.1) is 10.8 Å². The Labute approximate surface area is 513 Å². The fourth-order valence-electron chi connectivity index (χ4n) is 13.0. The van der Waals surface area contributed by atoms with Gasteiger partial charge >= 0.3 is 0 Å². The number of benzene rings is 10. The first-order valence-corrected chi connectivity index (χ1v) is 32.9. The molecule has 0 atom stereocenters. The molecule has 0 unspecified atom stereocenters. The smallest absolute Gasteiger partial charge is 0.0716 e. The van der Waals surface area contributed by atoms with Crippen molar-refractivity contribution >= 4 is 129 Å². The highest BCUT2D eigenvalue weighted by Crippen LogP contribution is 2.52. The van der Waals surface area contributed by atoms with Crippen LogP contribution in [0.15, 0.2) is 182 Å². The molecule has 0 aliphatic carbocycles. The molecular weight excluding hydrogens is 1100 g/mol. The van der Waals surface area contributed by atoms with Gasteiger partial charge < -0.3 is 38.2 Å². The number of anilines is 6. The standard InChI is InChI=1S/C76H76N2O6S2/c1-3-75(49-83-50-75)47-81-43-13-5-11-41-79-45-53-25-33-57(34-26-53)77(65-19-15-23-69-73(65)61-17-7-9-21-67(61)85-69)63-39-31-55-30-38-60-64(40-32-56-29-37-59(63)71(55)72(56)60)78(66-20-16-24-70-74(66)62-18-8-10-22-68(62)86-70)58-35-27-54(28-36-58)46-80-42-12-6-14-44-82-48-76(4-2)51-84-52-76/h7-10,15-40H,3-6,11-14,41-52H2,1-2H3. The Kier molecular flexibility index (Phi) is 16.8. The van der Waals surface area contributed by atoms with Crippen molar-refractivity contribution in [1.82, 2.24) is 0 Å². The quantitative estimate of drug-likeness (QED) is 0.0355. The molecule has 438 valence electrons. The Bertz CT molecular complexity index is 3990. The Morgan fingerprint density at radius 3 is 1.16 bits per heavy atom. The largest absolute Gasteiger partial charge is 0.381 e. The zero-order valence-electron chi connectivity index (χ0n) is 49.6. The Hall–Kier alpha value is -6.96. The van der Waals surface area contributed by atoms with Gasteiger partial charge in [-0.25, -0.2) is 0 Å².